The van der Waals surface area contributed by atoms with E-state index in [1.54, 1.807) is 18.2 Å². The fraction of sp³-hybridized carbons (Fsp3) is 0.533. The molecule has 1 fully saturated rings. The predicted octanol–water partition coefficient (Wildman–Crippen LogP) is 3.52. The Kier molecular flexibility index (Phi) is 8.33. The van der Waals surface area contributed by atoms with Gasteiger partial charge in [-0.3, -0.25) is 4.79 Å². The van der Waals surface area contributed by atoms with Gasteiger partial charge in [-0.25, -0.2) is 0 Å². The lowest BCUT2D eigenvalue weighted by molar-refractivity contribution is -0.132. The second-order valence-electron chi connectivity index (χ2n) is 5.24. The van der Waals surface area contributed by atoms with Crippen LogP contribution in [0, 0.1) is 0 Å². The molecule has 1 amide bonds. The Morgan fingerprint density at radius 2 is 2.00 bits per heavy atom. The summed E-state index contributed by atoms with van der Waals surface area (Å²) in [5.74, 6) is 0.769. The van der Waals surface area contributed by atoms with Gasteiger partial charge in [-0.1, -0.05) is 23.2 Å². The second kappa shape index (κ2) is 9.46. The largest absolute Gasteiger partial charge is 0.492 e. The van der Waals surface area contributed by atoms with Crippen LogP contribution in [0.2, 0.25) is 10.0 Å². The highest BCUT2D eigenvalue weighted by Crippen LogP contribution is 2.27. The van der Waals surface area contributed by atoms with Crippen molar-refractivity contribution in [1.29, 1.82) is 0 Å². The molecule has 0 unspecified atom stereocenters. The van der Waals surface area contributed by atoms with E-state index in [0.717, 1.165) is 25.9 Å². The number of rotatable bonds is 5. The maximum absolute atomic E-state index is 12.0. The Bertz CT molecular complexity index is 492. The average Bonchev–Trinajstić information content (AvgIpc) is 2.46. The van der Waals surface area contributed by atoms with E-state index in [1.807, 2.05) is 4.90 Å². The Hall–Kier alpha value is -0.680. The van der Waals surface area contributed by atoms with Gasteiger partial charge in [-0.2, -0.15) is 0 Å². The molecule has 0 saturated carbocycles. The number of piperidine rings is 1. The molecule has 1 heterocycles. The molecule has 0 atom stereocenters. The third-order valence-electron chi connectivity index (χ3n) is 3.58. The van der Waals surface area contributed by atoms with Crippen LogP contribution >= 0.6 is 35.6 Å². The summed E-state index contributed by atoms with van der Waals surface area (Å²) >= 11 is 11.8. The third kappa shape index (κ3) is 5.84. The van der Waals surface area contributed by atoms with Crippen molar-refractivity contribution in [2.24, 2.45) is 5.73 Å². The smallest absolute Gasteiger partial charge is 0.222 e. The summed E-state index contributed by atoms with van der Waals surface area (Å²) in [5.41, 5.74) is 5.83. The topological polar surface area (TPSA) is 55.6 Å². The summed E-state index contributed by atoms with van der Waals surface area (Å²) in [6.07, 6.45) is 2.94. The molecular weight excluding hydrogens is 347 g/mol. The standard InChI is InChI=1S/C15H20Cl2N2O2.ClH/c16-11-3-4-14(13(17)10-11)21-9-1-2-15(20)19-7-5-12(18)6-8-19;/h3-4,10,12H,1-2,5-9,18H2;1H. The van der Waals surface area contributed by atoms with Gasteiger partial charge in [0, 0.05) is 30.6 Å². The van der Waals surface area contributed by atoms with Crippen LogP contribution in [-0.2, 0) is 4.79 Å². The van der Waals surface area contributed by atoms with Gasteiger partial charge in [0.1, 0.15) is 5.75 Å². The maximum atomic E-state index is 12.0. The van der Waals surface area contributed by atoms with Gasteiger partial charge in [0.25, 0.3) is 0 Å². The summed E-state index contributed by atoms with van der Waals surface area (Å²) < 4.78 is 5.57. The van der Waals surface area contributed by atoms with E-state index in [9.17, 15) is 4.79 Å². The zero-order valence-electron chi connectivity index (χ0n) is 12.3. The van der Waals surface area contributed by atoms with Gasteiger partial charge >= 0.3 is 0 Å². The van der Waals surface area contributed by atoms with Crippen molar-refractivity contribution in [3.8, 4) is 5.75 Å². The number of nitrogens with two attached hydrogens (primary N) is 1. The molecule has 1 aliphatic rings. The molecule has 1 aromatic carbocycles. The van der Waals surface area contributed by atoms with Crippen LogP contribution < -0.4 is 10.5 Å². The Morgan fingerprint density at radius 1 is 1.32 bits per heavy atom. The highest BCUT2D eigenvalue weighted by molar-refractivity contribution is 6.35. The summed E-state index contributed by atoms with van der Waals surface area (Å²) in [6, 6.07) is 5.34. The number of nitrogens with zero attached hydrogens (tertiary/aromatic N) is 1. The molecule has 124 valence electrons. The Balaban J connectivity index is 0.00000242. The number of halogens is 3. The lowest BCUT2D eigenvalue weighted by Crippen LogP contribution is -2.42. The van der Waals surface area contributed by atoms with Crippen LogP contribution in [0.4, 0.5) is 0 Å². The van der Waals surface area contributed by atoms with E-state index in [4.69, 9.17) is 33.7 Å². The second-order valence-corrected chi connectivity index (χ2v) is 6.09. The monoisotopic (exact) mass is 366 g/mol. The summed E-state index contributed by atoms with van der Waals surface area (Å²) in [5, 5.41) is 1.06. The van der Waals surface area contributed by atoms with Crippen LogP contribution in [0.5, 0.6) is 5.75 Å². The molecule has 2 rings (SSSR count). The molecule has 1 saturated heterocycles. The van der Waals surface area contributed by atoms with Gasteiger partial charge in [0.2, 0.25) is 5.91 Å². The van der Waals surface area contributed by atoms with E-state index in [-0.39, 0.29) is 24.4 Å². The number of hydrogen-bond donors (Lipinski definition) is 1. The van der Waals surface area contributed by atoms with E-state index >= 15 is 0 Å². The molecule has 7 heteroatoms. The molecule has 22 heavy (non-hydrogen) atoms. The van der Waals surface area contributed by atoms with Crippen molar-refractivity contribution >= 4 is 41.5 Å². The molecule has 0 aromatic heterocycles. The van der Waals surface area contributed by atoms with E-state index < -0.39 is 0 Å². The van der Waals surface area contributed by atoms with Crippen molar-refractivity contribution in [3.05, 3.63) is 28.2 Å². The van der Waals surface area contributed by atoms with Crippen molar-refractivity contribution in [2.45, 2.75) is 31.7 Å². The zero-order valence-corrected chi connectivity index (χ0v) is 14.6. The first-order valence-electron chi connectivity index (χ1n) is 7.17. The quantitative estimate of drug-likeness (QED) is 0.810. The summed E-state index contributed by atoms with van der Waals surface area (Å²) in [4.78, 5) is 13.9. The van der Waals surface area contributed by atoms with Crippen LogP contribution in [0.1, 0.15) is 25.7 Å². The van der Waals surface area contributed by atoms with E-state index in [2.05, 4.69) is 0 Å². The third-order valence-corrected chi connectivity index (χ3v) is 4.11. The lowest BCUT2D eigenvalue weighted by Gasteiger charge is -2.30. The van der Waals surface area contributed by atoms with Gasteiger partial charge in [0.05, 0.1) is 11.6 Å². The average molecular weight is 368 g/mol. The fourth-order valence-electron chi connectivity index (χ4n) is 2.30. The maximum Gasteiger partial charge on any atom is 0.222 e. The van der Waals surface area contributed by atoms with Gasteiger partial charge in [-0.15, -0.1) is 12.4 Å². The SMILES string of the molecule is Cl.NC1CCN(C(=O)CCCOc2ccc(Cl)cc2Cl)CC1. The highest BCUT2D eigenvalue weighted by Gasteiger charge is 2.19. The molecule has 0 spiro atoms. The van der Waals surface area contributed by atoms with Crippen molar-refractivity contribution in [3.63, 3.8) is 0 Å². The minimum atomic E-state index is 0. The normalized spacial score (nSPS) is 15.3. The first-order valence-corrected chi connectivity index (χ1v) is 7.93. The molecule has 0 aliphatic carbocycles. The van der Waals surface area contributed by atoms with Gasteiger partial charge in [-0.05, 0) is 37.5 Å². The van der Waals surface area contributed by atoms with Crippen molar-refractivity contribution < 1.29 is 9.53 Å². The number of ether oxygens (including phenoxy) is 1. The first-order chi connectivity index (χ1) is 10.1. The molecule has 2 N–H and O–H groups in total. The minimum Gasteiger partial charge on any atom is -0.492 e. The number of benzene rings is 1. The first kappa shape index (κ1) is 19.4. The molecular formula is C15H21Cl3N2O2. The molecule has 0 bridgehead atoms. The Labute approximate surface area is 147 Å². The highest BCUT2D eigenvalue weighted by atomic mass is 35.5. The predicted molar refractivity (Wildman–Crippen MR) is 92.2 cm³/mol. The Morgan fingerprint density at radius 3 is 2.64 bits per heavy atom. The van der Waals surface area contributed by atoms with Crippen LogP contribution in [-0.4, -0.2) is 36.5 Å². The summed E-state index contributed by atoms with van der Waals surface area (Å²) in [6.45, 7) is 1.99. The minimum absolute atomic E-state index is 0. The van der Waals surface area contributed by atoms with Crippen LogP contribution in [0.15, 0.2) is 18.2 Å². The number of amides is 1. The van der Waals surface area contributed by atoms with Gasteiger partial charge in [0.15, 0.2) is 0 Å². The number of hydrogen-bond acceptors (Lipinski definition) is 3. The van der Waals surface area contributed by atoms with Crippen molar-refractivity contribution in [1.82, 2.24) is 4.90 Å². The van der Waals surface area contributed by atoms with E-state index in [1.165, 1.54) is 0 Å². The molecule has 1 aliphatic heterocycles. The molecule has 1 aromatic rings. The zero-order chi connectivity index (χ0) is 15.2. The van der Waals surface area contributed by atoms with Gasteiger partial charge < -0.3 is 15.4 Å². The van der Waals surface area contributed by atoms with E-state index in [0.29, 0.717) is 35.2 Å². The molecule has 4 nitrogen and oxygen atoms in total. The number of likely N-dealkylation sites (tertiary alicyclic amines) is 1. The summed E-state index contributed by atoms with van der Waals surface area (Å²) in [7, 11) is 0. The lowest BCUT2D eigenvalue weighted by atomic mass is 10.1. The fourth-order valence-corrected chi connectivity index (χ4v) is 2.77. The molecule has 0 radical (unpaired) electrons. The number of carbonyl (C=O) groups is 1. The van der Waals surface area contributed by atoms with Crippen LogP contribution in [0.3, 0.4) is 0 Å². The van der Waals surface area contributed by atoms with Crippen LogP contribution in [0.25, 0.3) is 0 Å². The van der Waals surface area contributed by atoms with Crippen molar-refractivity contribution in [2.75, 3.05) is 19.7 Å². The number of carbonyl (C=O) groups excluding carboxylic acids is 1.